The number of carbonyl (C=O) groups is 1. The first-order valence-corrected chi connectivity index (χ1v) is 10.3. The molecule has 5 heteroatoms. The Bertz CT molecular complexity index is 803. The minimum absolute atomic E-state index is 0.0265. The summed E-state index contributed by atoms with van der Waals surface area (Å²) in [5.74, 6) is 0.325. The second-order valence-electron chi connectivity index (χ2n) is 8.33. The Hall–Kier alpha value is -2.14. The fourth-order valence-corrected chi connectivity index (χ4v) is 5.55. The van der Waals surface area contributed by atoms with Gasteiger partial charge in [0.2, 0.25) is 5.76 Å². The van der Waals surface area contributed by atoms with E-state index in [1.807, 2.05) is 4.90 Å². The van der Waals surface area contributed by atoms with E-state index in [4.69, 9.17) is 4.52 Å². The molecule has 1 aromatic carbocycles. The molecule has 3 aliphatic rings. The molecule has 142 valence electrons. The summed E-state index contributed by atoms with van der Waals surface area (Å²) in [4.78, 5) is 17.2. The minimum Gasteiger partial charge on any atom is -0.351 e. The fourth-order valence-electron chi connectivity index (χ4n) is 5.55. The topological polar surface area (TPSA) is 49.6 Å². The molecule has 2 aromatic rings. The summed E-state index contributed by atoms with van der Waals surface area (Å²) in [6, 6.07) is 11.3. The molecule has 0 N–H and O–H groups in total. The molecule has 2 saturated heterocycles. The minimum atomic E-state index is -0.0265. The molecule has 1 atom stereocenters. The maximum atomic E-state index is 12.6. The fraction of sp³-hybridized carbons (Fsp3) is 0.545. The Morgan fingerprint density at radius 2 is 1.81 bits per heavy atom. The van der Waals surface area contributed by atoms with Crippen LogP contribution in [-0.2, 0) is 5.41 Å². The van der Waals surface area contributed by atoms with Crippen LogP contribution in [0.15, 0.2) is 41.1 Å². The van der Waals surface area contributed by atoms with Gasteiger partial charge in [0.1, 0.15) is 0 Å². The van der Waals surface area contributed by atoms with Crippen LogP contribution in [0.4, 0.5) is 0 Å². The van der Waals surface area contributed by atoms with E-state index in [2.05, 4.69) is 34.3 Å². The highest BCUT2D eigenvalue weighted by atomic mass is 16.5. The van der Waals surface area contributed by atoms with Crippen molar-refractivity contribution >= 4 is 5.91 Å². The third kappa shape index (κ3) is 2.89. The lowest BCUT2D eigenvalue weighted by molar-refractivity contribution is 0.0593. The third-order valence-electron chi connectivity index (χ3n) is 7.03. The number of likely N-dealkylation sites (tertiary alicyclic amines) is 2. The van der Waals surface area contributed by atoms with Crippen molar-refractivity contribution in [1.29, 1.82) is 0 Å². The Labute approximate surface area is 160 Å². The van der Waals surface area contributed by atoms with Gasteiger partial charge in [-0.05, 0) is 68.2 Å². The Kier molecular flexibility index (Phi) is 4.27. The van der Waals surface area contributed by atoms with Gasteiger partial charge in [0, 0.05) is 25.2 Å². The maximum absolute atomic E-state index is 12.6. The van der Waals surface area contributed by atoms with E-state index >= 15 is 0 Å². The van der Waals surface area contributed by atoms with Crippen LogP contribution in [0.25, 0.3) is 0 Å². The highest BCUT2D eigenvalue weighted by Crippen LogP contribution is 2.49. The lowest BCUT2D eigenvalue weighted by Crippen LogP contribution is -2.47. The number of nitrogens with zero attached hydrogens (tertiary/aromatic N) is 3. The number of aromatic nitrogens is 1. The molecule has 2 fully saturated rings. The van der Waals surface area contributed by atoms with Crippen LogP contribution in [0.3, 0.4) is 0 Å². The summed E-state index contributed by atoms with van der Waals surface area (Å²) in [5, 5.41) is 3.67. The van der Waals surface area contributed by atoms with E-state index in [1.54, 1.807) is 17.2 Å². The summed E-state index contributed by atoms with van der Waals surface area (Å²) < 4.78 is 5.07. The highest BCUT2D eigenvalue weighted by Gasteiger charge is 2.44. The van der Waals surface area contributed by atoms with Crippen molar-refractivity contribution in [3.63, 3.8) is 0 Å². The molecule has 1 unspecified atom stereocenters. The van der Waals surface area contributed by atoms with Gasteiger partial charge in [-0.1, -0.05) is 29.4 Å². The molecule has 5 rings (SSSR count). The van der Waals surface area contributed by atoms with Crippen molar-refractivity contribution in [2.75, 3.05) is 26.2 Å². The summed E-state index contributed by atoms with van der Waals surface area (Å²) in [7, 11) is 0. The normalized spacial score (nSPS) is 24.9. The molecule has 1 amide bonds. The van der Waals surface area contributed by atoms with Gasteiger partial charge in [-0.15, -0.1) is 0 Å². The number of carbonyl (C=O) groups excluding carboxylic acids is 1. The van der Waals surface area contributed by atoms with Gasteiger partial charge in [-0.25, -0.2) is 0 Å². The molecule has 0 radical (unpaired) electrons. The van der Waals surface area contributed by atoms with Crippen LogP contribution in [0.1, 0.15) is 66.2 Å². The van der Waals surface area contributed by atoms with Crippen molar-refractivity contribution in [3.8, 4) is 0 Å². The van der Waals surface area contributed by atoms with Gasteiger partial charge >= 0.3 is 0 Å². The summed E-state index contributed by atoms with van der Waals surface area (Å²) in [5.41, 5.74) is 3.31. The number of hydrogen-bond acceptors (Lipinski definition) is 4. The van der Waals surface area contributed by atoms with Crippen molar-refractivity contribution < 1.29 is 9.32 Å². The molecular weight excluding hydrogens is 338 g/mol. The van der Waals surface area contributed by atoms with Crippen LogP contribution in [0.2, 0.25) is 0 Å². The van der Waals surface area contributed by atoms with E-state index in [-0.39, 0.29) is 11.3 Å². The zero-order valence-electron chi connectivity index (χ0n) is 15.8. The molecule has 2 aliphatic heterocycles. The Morgan fingerprint density at radius 3 is 2.56 bits per heavy atom. The van der Waals surface area contributed by atoms with Gasteiger partial charge in [0.05, 0.1) is 6.20 Å². The van der Waals surface area contributed by atoms with Crippen LogP contribution in [0, 0.1) is 0 Å². The Balaban J connectivity index is 1.37. The largest absolute Gasteiger partial charge is 0.351 e. The van der Waals surface area contributed by atoms with Gasteiger partial charge in [-0.3, -0.25) is 9.69 Å². The van der Waals surface area contributed by atoms with Crippen LogP contribution >= 0.6 is 0 Å². The average Bonchev–Trinajstić information content (AvgIpc) is 3.43. The highest BCUT2D eigenvalue weighted by molar-refractivity contribution is 5.91. The number of hydrogen-bond donors (Lipinski definition) is 0. The summed E-state index contributed by atoms with van der Waals surface area (Å²) in [6.07, 6.45) is 8.76. The quantitative estimate of drug-likeness (QED) is 0.813. The predicted molar refractivity (Wildman–Crippen MR) is 103 cm³/mol. The molecule has 1 aliphatic carbocycles. The molecule has 5 nitrogen and oxygen atoms in total. The smallest absolute Gasteiger partial charge is 0.292 e. The number of benzene rings is 1. The molecular formula is C22H27N3O2. The lowest BCUT2D eigenvalue weighted by atomic mass is 9.63. The van der Waals surface area contributed by atoms with Crippen LogP contribution in [-0.4, -0.2) is 47.0 Å². The van der Waals surface area contributed by atoms with Gasteiger partial charge < -0.3 is 9.42 Å². The second kappa shape index (κ2) is 6.79. The van der Waals surface area contributed by atoms with E-state index in [1.165, 1.54) is 45.0 Å². The zero-order valence-corrected chi connectivity index (χ0v) is 15.8. The van der Waals surface area contributed by atoms with Crippen LogP contribution < -0.4 is 0 Å². The molecule has 0 saturated carbocycles. The predicted octanol–water partition coefficient (Wildman–Crippen LogP) is 3.78. The summed E-state index contributed by atoms with van der Waals surface area (Å²) in [6.45, 7) is 4.07. The third-order valence-corrected chi connectivity index (χ3v) is 7.03. The first kappa shape index (κ1) is 17.0. The second-order valence-corrected chi connectivity index (χ2v) is 8.33. The van der Waals surface area contributed by atoms with E-state index in [0.29, 0.717) is 11.8 Å². The number of fused-ring (bicyclic) bond motifs is 2. The average molecular weight is 365 g/mol. The molecule has 27 heavy (non-hydrogen) atoms. The Morgan fingerprint density at radius 1 is 1.04 bits per heavy atom. The SMILES string of the molecule is O=C(c1ccno1)N1CCC2(CCC(N3CCCC3)c3ccccc32)CC1. The van der Waals surface area contributed by atoms with Crippen molar-refractivity contribution in [2.24, 2.45) is 0 Å². The number of amides is 1. The van der Waals surface area contributed by atoms with Gasteiger partial charge in [0.25, 0.3) is 5.91 Å². The first-order valence-electron chi connectivity index (χ1n) is 10.3. The number of rotatable bonds is 2. The van der Waals surface area contributed by atoms with E-state index < -0.39 is 0 Å². The molecule has 3 heterocycles. The molecule has 1 aromatic heterocycles. The standard InChI is InChI=1S/C22H27N3O2/c26-21(20-8-12-23-27-20)25-15-10-22(11-16-25)9-7-19(24-13-3-4-14-24)17-5-1-2-6-18(17)22/h1-2,5-6,8,12,19H,3-4,7,9-11,13-16H2. The van der Waals surface area contributed by atoms with Crippen molar-refractivity contribution in [2.45, 2.75) is 50.0 Å². The number of piperidine rings is 1. The van der Waals surface area contributed by atoms with Gasteiger partial charge in [-0.2, -0.15) is 0 Å². The summed E-state index contributed by atoms with van der Waals surface area (Å²) >= 11 is 0. The lowest BCUT2D eigenvalue weighted by Gasteiger charge is -2.48. The van der Waals surface area contributed by atoms with E-state index in [0.717, 1.165) is 25.9 Å². The van der Waals surface area contributed by atoms with E-state index in [9.17, 15) is 4.79 Å². The van der Waals surface area contributed by atoms with Crippen molar-refractivity contribution in [3.05, 3.63) is 53.4 Å². The molecule has 0 bridgehead atoms. The monoisotopic (exact) mass is 365 g/mol. The first-order chi connectivity index (χ1) is 13.3. The zero-order chi connectivity index (χ0) is 18.3. The van der Waals surface area contributed by atoms with Gasteiger partial charge in [0.15, 0.2) is 0 Å². The van der Waals surface area contributed by atoms with Crippen LogP contribution in [0.5, 0.6) is 0 Å². The molecule has 1 spiro atoms. The van der Waals surface area contributed by atoms with Crippen molar-refractivity contribution in [1.82, 2.24) is 15.0 Å². The maximum Gasteiger partial charge on any atom is 0.292 e.